The summed E-state index contributed by atoms with van der Waals surface area (Å²) in [5.74, 6) is 0.278. The molecule has 1 atom stereocenters. The Hall–Kier alpha value is -3.29. The van der Waals surface area contributed by atoms with Gasteiger partial charge in [-0.15, -0.1) is 0 Å². The number of aromatic nitrogens is 3. The number of hydrogen-bond donors (Lipinski definition) is 3. The standard InChI is InChI=1S/C24H25N5O2/c1-15-3-2-8-29(15)13-19-10-18-12-26-23(11-21(18)27-19)28-24(31)17-4-5-20-16(9-17)6-7-25-22(20)14-30/h4-7,9-12,15,27,30H,2-3,8,13-14H2,1H3,(H,26,28,31)/t15-/m0/s1. The second-order valence-electron chi connectivity index (χ2n) is 8.22. The molecule has 7 heteroatoms. The fraction of sp³-hybridized carbons (Fsp3) is 0.292. The molecule has 1 aromatic carbocycles. The van der Waals surface area contributed by atoms with Gasteiger partial charge in [0.05, 0.1) is 17.8 Å². The number of aliphatic hydroxyl groups excluding tert-OH is 1. The minimum absolute atomic E-state index is 0.137. The Morgan fingerprint density at radius 2 is 2.13 bits per heavy atom. The van der Waals surface area contributed by atoms with Crippen molar-refractivity contribution in [2.24, 2.45) is 0 Å². The third-order valence-corrected chi connectivity index (χ3v) is 6.12. The van der Waals surface area contributed by atoms with Crippen LogP contribution in [0.25, 0.3) is 21.7 Å². The number of anilines is 1. The number of aromatic amines is 1. The minimum Gasteiger partial charge on any atom is -0.390 e. The third-order valence-electron chi connectivity index (χ3n) is 6.12. The number of carbonyl (C=O) groups is 1. The predicted molar refractivity (Wildman–Crippen MR) is 121 cm³/mol. The first-order chi connectivity index (χ1) is 15.1. The Morgan fingerprint density at radius 1 is 1.23 bits per heavy atom. The maximum absolute atomic E-state index is 12.8. The van der Waals surface area contributed by atoms with Crippen LogP contribution in [0.1, 0.15) is 41.5 Å². The molecule has 0 unspecified atom stereocenters. The second-order valence-corrected chi connectivity index (χ2v) is 8.22. The number of rotatable bonds is 5. The molecule has 1 aliphatic rings. The number of amides is 1. The average molecular weight is 415 g/mol. The first-order valence-electron chi connectivity index (χ1n) is 10.6. The van der Waals surface area contributed by atoms with Crippen molar-refractivity contribution in [2.45, 2.75) is 39.0 Å². The van der Waals surface area contributed by atoms with Gasteiger partial charge in [0.1, 0.15) is 5.82 Å². The summed E-state index contributed by atoms with van der Waals surface area (Å²) in [5, 5.41) is 15.1. The molecule has 3 aromatic heterocycles. The number of benzene rings is 1. The zero-order valence-corrected chi connectivity index (χ0v) is 17.4. The van der Waals surface area contributed by atoms with E-state index in [4.69, 9.17) is 0 Å². The number of pyridine rings is 2. The van der Waals surface area contributed by atoms with Crippen molar-refractivity contribution in [3.05, 3.63) is 65.7 Å². The quantitative estimate of drug-likeness (QED) is 0.460. The molecule has 0 radical (unpaired) electrons. The topological polar surface area (TPSA) is 94.1 Å². The van der Waals surface area contributed by atoms with E-state index in [-0.39, 0.29) is 12.5 Å². The van der Waals surface area contributed by atoms with Gasteiger partial charge >= 0.3 is 0 Å². The molecule has 0 spiro atoms. The number of nitrogens with one attached hydrogen (secondary N) is 2. The summed E-state index contributed by atoms with van der Waals surface area (Å²) in [7, 11) is 0. The van der Waals surface area contributed by atoms with Crippen LogP contribution < -0.4 is 5.32 Å². The normalized spacial score (nSPS) is 16.9. The molecule has 1 saturated heterocycles. The van der Waals surface area contributed by atoms with Crippen molar-refractivity contribution in [3.63, 3.8) is 0 Å². The second kappa shape index (κ2) is 8.09. The molecule has 158 valence electrons. The number of H-pyrrole nitrogens is 1. The summed E-state index contributed by atoms with van der Waals surface area (Å²) in [6.45, 7) is 4.18. The van der Waals surface area contributed by atoms with Gasteiger partial charge in [0.2, 0.25) is 0 Å². The molecule has 5 rings (SSSR count). The lowest BCUT2D eigenvalue weighted by Crippen LogP contribution is -2.26. The lowest BCUT2D eigenvalue weighted by Gasteiger charge is -2.19. The van der Waals surface area contributed by atoms with E-state index in [2.05, 4.69) is 38.2 Å². The van der Waals surface area contributed by atoms with Crippen molar-refractivity contribution in [3.8, 4) is 0 Å². The maximum Gasteiger partial charge on any atom is 0.256 e. The molecule has 1 aliphatic heterocycles. The van der Waals surface area contributed by atoms with Gasteiger partial charge in [-0.1, -0.05) is 6.07 Å². The summed E-state index contributed by atoms with van der Waals surface area (Å²) in [6.07, 6.45) is 5.94. The lowest BCUT2D eigenvalue weighted by molar-refractivity contribution is 0.102. The van der Waals surface area contributed by atoms with Crippen LogP contribution in [0.15, 0.2) is 48.8 Å². The van der Waals surface area contributed by atoms with Gasteiger partial charge in [-0.2, -0.15) is 0 Å². The third kappa shape index (κ3) is 3.89. The van der Waals surface area contributed by atoms with E-state index >= 15 is 0 Å². The van der Waals surface area contributed by atoms with Gasteiger partial charge in [-0.3, -0.25) is 14.7 Å². The first-order valence-corrected chi connectivity index (χ1v) is 10.6. The molecule has 31 heavy (non-hydrogen) atoms. The highest BCUT2D eigenvalue weighted by molar-refractivity contribution is 6.06. The van der Waals surface area contributed by atoms with Crippen LogP contribution in [0.2, 0.25) is 0 Å². The Morgan fingerprint density at radius 3 is 2.94 bits per heavy atom. The Labute approximate surface area is 180 Å². The van der Waals surface area contributed by atoms with Gasteiger partial charge in [0.25, 0.3) is 5.91 Å². The number of carbonyl (C=O) groups excluding carboxylic acids is 1. The molecule has 1 amide bonds. The van der Waals surface area contributed by atoms with E-state index in [1.165, 1.54) is 12.8 Å². The van der Waals surface area contributed by atoms with Crippen LogP contribution in [0.5, 0.6) is 0 Å². The Balaban J connectivity index is 1.35. The smallest absolute Gasteiger partial charge is 0.256 e. The lowest BCUT2D eigenvalue weighted by atomic mass is 10.1. The van der Waals surface area contributed by atoms with Crippen molar-refractivity contribution < 1.29 is 9.90 Å². The van der Waals surface area contributed by atoms with Crippen LogP contribution in [0.4, 0.5) is 5.82 Å². The summed E-state index contributed by atoms with van der Waals surface area (Å²) in [5.41, 5.74) is 3.25. The fourth-order valence-electron chi connectivity index (χ4n) is 4.38. The molecule has 0 bridgehead atoms. The largest absolute Gasteiger partial charge is 0.390 e. The highest BCUT2D eigenvalue weighted by Gasteiger charge is 2.20. The van der Waals surface area contributed by atoms with Crippen molar-refractivity contribution in [2.75, 3.05) is 11.9 Å². The summed E-state index contributed by atoms with van der Waals surface area (Å²) >= 11 is 0. The summed E-state index contributed by atoms with van der Waals surface area (Å²) in [4.78, 5) is 27.3. The highest BCUT2D eigenvalue weighted by Crippen LogP contribution is 2.23. The average Bonchev–Trinajstić information content (AvgIpc) is 3.38. The van der Waals surface area contributed by atoms with Crippen molar-refractivity contribution >= 4 is 33.4 Å². The number of nitrogens with zero attached hydrogens (tertiary/aromatic N) is 3. The molecular formula is C24H25N5O2. The molecule has 4 aromatic rings. The van der Waals surface area contributed by atoms with E-state index in [0.717, 1.165) is 40.5 Å². The van der Waals surface area contributed by atoms with Crippen LogP contribution in [0, 0.1) is 0 Å². The predicted octanol–water partition coefficient (Wildman–Crippen LogP) is 3.84. The fourth-order valence-corrected chi connectivity index (χ4v) is 4.38. The number of likely N-dealkylation sites (tertiary alicyclic amines) is 1. The van der Waals surface area contributed by atoms with Gasteiger partial charge in [0.15, 0.2) is 0 Å². The Bertz CT molecular complexity index is 1270. The van der Waals surface area contributed by atoms with Gasteiger partial charge in [0, 0.05) is 53.1 Å². The zero-order valence-electron chi connectivity index (χ0n) is 17.4. The molecule has 7 nitrogen and oxygen atoms in total. The van der Waals surface area contributed by atoms with E-state index in [9.17, 15) is 9.90 Å². The minimum atomic E-state index is -0.228. The van der Waals surface area contributed by atoms with Gasteiger partial charge in [-0.05, 0) is 56.0 Å². The SMILES string of the molecule is C[C@H]1CCCN1Cc1cc2cnc(NC(=O)c3ccc4c(CO)nccc4c3)cc2[nH]1. The van der Waals surface area contributed by atoms with Gasteiger partial charge in [-0.25, -0.2) is 4.98 Å². The van der Waals surface area contributed by atoms with Crippen molar-refractivity contribution in [1.82, 2.24) is 19.9 Å². The molecule has 1 fully saturated rings. The number of aliphatic hydroxyl groups is 1. The number of hydrogen-bond acceptors (Lipinski definition) is 5. The van der Waals surface area contributed by atoms with E-state index in [1.807, 2.05) is 18.2 Å². The van der Waals surface area contributed by atoms with E-state index in [1.54, 1.807) is 24.5 Å². The van der Waals surface area contributed by atoms with E-state index < -0.39 is 0 Å². The maximum atomic E-state index is 12.8. The molecule has 0 saturated carbocycles. The highest BCUT2D eigenvalue weighted by atomic mass is 16.3. The molecule has 4 heterocycles. The molecule has 0 aliphatic carbocycles. The number of fused-ring (bicyclic) bond motifs is 2. The van der Waals surface area contributed by atoms with Crippen LogP contribution >= 0.6 is 0 Å². The van der Waals surface area contributed by atoms with Crippen LogP contribution in [-0.4, -0.2) is 43.5 Å². The van der Waals surface area contributed by atoms with Gasteiger partial charge < -0.3 is 15.4 Å². The van der Waals surface area contributed by atoms with E-state index in [0.29, 0.717) is 23.1 Å². The van der Waals surface area contributed by atoms with Crippen LogP contribution in [-0.2, 0) is 13.2 Å². The summed E-state index contributed by atoms with van der Waals surface area (Å²) < 4.78 is 0. The Kier molecular flexibility index (Phi) is 5.13. The summed E-state index contributed by atoms with van der Waals surface area (Å²) in [6, 6.07) is 11.8. The van der Waals surface area contributed by atoms with Crippen LogP contribution in [0.3, 0.4) is 0 Å². The first kappa shape index (κ1) is 19.7. The van der Waals surface area contributed by atoms with Crippen molar-refractivity contribution in [1.29, 1.82) is 0 Å². The monoisotopic (exact) mass is 415 g/mol. The molecular weight excluding hydrogens is 390 g/mol. The zero-order chi connectivity index (χ0) is 21.4. The molecule has 3 N–H and O–H groups in total.